The van der Waals surface area contributed by atoms with Crippen molar-refractivity contribution in [3.8, 4) is 0 Å². The summed E-state index contributed by atoms with van der Waals surface area (Å²) in [5, 5.41) is 12.2. The first-order chi connectivity index (χ1) is 11.4. The molecule has 1 amide bonds. The molecular weight excluding hydrogens is 361 g/mol. The van der Waals surface area contributed by atoms with Crippen molar-refractivity contribution >= 4 is 29.1 Å². The SMILES string of the molecule is O=C(NCC(CO)Cc1cc(F)ccc1F)c1nc(Cl)ccc1Cl. The molecular formula is C16H14Cl2F2N2O2. The van der Waals surface area contributed by atoms with Gasteiger partial charge in [-0.25, -0.2) is 13.8 Å². The number of halogens is 4. The maximum atomic E-state index is 13.6. The van der Waals surface area contributed by atoms with Crippen molar-refractivity contribution in [1.29, 1.82) is 0 Å². The van der Waals surface area contributed by atoms with Crippen molar-refractivity contribution < 1.29 is 18.7 Å². The summed E-state index contributed by atoms with van der Waals surface area (Å²) in [6.07, 6.45) is 0.0665. The molecule has 0 radical (unpaired) electrons. The zero-order chi connectivity index (χ0) is 17.7. The van der Waals surface area contributed by atoms with Gasteiger partial charge in [-0.3, -0.25) is 4.79 Å². The normalized spacial score (nSPS) is 12.0. The number of carbonyl (C=O) groups excluding carboxylic acids is 1. The van der Waals surface area contributed by atoms with Crippen LogP contribution >= 0.6 is 23.2 Å². The molecule has 128 valence electrons. The van der Waals surface area contributed by atoms with E-state index in [0.717, 1.165) is 18.2 Å². The van der Waals surface area contributed by atoms with Crippen LogP contribution in [0.25, 0.3) is 0 Å². The predicted octanol–water partition coefficient (Wildman–Crippen LogP) is 3.25. The topological polar surface area (TPSA) is 62.2 Å². The fraction of sp³-hybridized carbons (Fsp3) is 0.250. The number of benzene rings is 1. The summed E-state index contributed by atoms with van der Waals surface area (Å²) >= 11 is 11.6. The van der Waals surface area contributed by atoms with Gasteiger partial charge in [0.25, 0.3) is 5.91 Å². The molecule has 0 bridgehead atoms. The largest absolute Gasteiger partial charge is 0.396 e. The van der Waals surface area contributed by atoms with Gasteiger partial charge in [0.1, 0.15) is 22.5 Å². The molecule has 1 unspecified atom stereocenters. The number of amides is 1. The fourth-order valence-corrected chi connectivity index (χ4v) is 2.45. The smallest absolute Gasteiger partial charge is 0.271 e. The highest BCUT2D eigenvalue weighted by Crippen LogP contribution is 2.17. The summed E-state index contributed by atoms with van der Waals surface area (Å²) in [4.78, 5) is 15.9. The summed E-state index contributed by atoms with van der Waals surface area (Å²) in [5.74, 6) is -2.20. The molecule has 1 aromatic carbocycles. The lowest BCUT2D eigenvalue weighted by Gasteiger charge is -2.16. The number of aromatic nitrogens is 1. The second-order valence-corrected chi connectivity index (χ2v) is 5.96. The number of nitrogens with one attached hydrogen (secondary N) is 1. The molecule has 0 aliphatic heterocycles. The molecule has 1 heterocycles. The Morgan fingerprint density at radius 2 is 2.00 bits per heavy atom. The van der Waals surface area contributed by atoms with Gasteiger partial charge in [0.15, 0.2) is 0 Å². The third kappa shape index (κ3) is 4.87. The van der Waals surface area contributed by atoms with Crippen LogP contribution in [0.15, 0.2) is 30.3 Å². The third-order valence-corrected chi connectivity index (χ3v) is 3.87. The van der Waals surface area contributed by atoms with Gasteiger partial charge < -0.3 is 10.4 Å². The van der Waals surface area contributed by atoms with Gasteiger partial charge in [0, 0.05) is 19.1 Å². The Morgan fingerprint density at radius 1 is 1.25 bits per heavy atom. The third-order valence-electron chi connectivity index (χ3n) is 3.35. The van der Waals surface area contributed by atoms with E-state index in [9.17, 15) is 18.7 Å². The van der Waals surface area contributed by atoms with Crippen LogP contribution in [-0.4, -0.2) is 29.1 Å². The van der Waals surface area contributed by atoms with Crippen LogP contribution in [0.3, 0.4) is 0 Å². The molecule has 2 aromatic rings. The second kappa shape index (κ2) is 8.37. The van der Waals surface area contributed by atoms with Crippen LogP contribution in [0.1, 0.15) is 16.1 Å². The molecule has 1 aromatic heterocycles. The Balaban J connectivity index is 2.01. The van der Waals surface area contributed by atoms with E-state index in [0.29, 0.717) is 0 Å². The molecule has 0 saturated carbocycles. The number of rotatable bonds is 6. The first kappa shape index (κ1) is 18.6. The van der Waals surface area contributed by atoms with Crippen molar-refractivity contribution in [2.75, 3.05) is 13.2 Å². The zero-order valence-electron chi connectivity index (χ0n) is 12.4. The summed E-state index contributed by atoms with van der Waals surface area (Å²) in [6.45, 7) is -0.275. The lowest BCUT2D eigenvalue weighted by molar-refractivity contribution is 0.0935. The van der Waals surface area contributed by atoms with Crippen molar-refractivity contribution in [2.45, 2.75) is 6.42 Å². The summed E-state index contributed by atoms with van der Waals surface area (Å²) < 4.78 is 26.8. The molecule has 0 aliphatic carbocycles. The predicted molar refractivity (Wildman–Crippen MR) is 87.2 cm³/mol. The Hall–Kier alpha value is -1.76. The average Bonchev–Trinajstić information content (AvgIpc) is 2.56. The standard InChI is InChI=1S/C16H14Cl2F2N2O2/c17-12-2-4-14(18)22-15(12)16(24)21-7-9(8-23)5-10-6-11(19)1-3-13(10)20/h1-4,6,9,23H,5,7-8H2,(H,21,24). The highest BCUT2D eigenvalue weighted by atomic mass is 35.5. The highest BCUT2D eigenvalue weighted by Gasteiger charge is 2.17. The lowest BCUT2D eigenvalue weighted by atomic mass is 9.99. The first-order valence-electron chi connectivity index (χ1n) is 7.05. The molecule has 4 nitrogen and oxygen atoms in total. The number of carbonyl (C=O) groups is 1. The Morgan fingerprint density at radius 3 is 2.71 bits per heavy atom. The number of hydrogen-bond donors (Lipinski definition) is 2. The molecule has 0 aliphatic rings. The highest BCUT2D eigenvalue weighted by molar-refractivity contribution is 6.34. The van der Waals surface area contributed by atoms with Gasteiger partial charge in [0.2, 0.25) is 0 Å². The summed E-state index contributed by atoms with van der Waals surface area (Å²) in [5.41, 5.74) is 0.0833. The Kier molecular flexibility index (Phi) is 6.48. The van der Waals surface area contributed by atoms with Gasteiger partial charge in [-0.15, -0.1) is 0 Å². The number of aliphatic hydroxyl groups is 1. The second-order valence-electron chi connectivity index (χ2n) is 5.16. The monoisotopic (exact) mass is 374 g/mol. The van der Waals surface area contributed by atoms with E-state index in [4.69, 9.17) is 23.2 Å². The number of nitrogens with zero attached hydrogens (tertiary/aromatic N) is 1. The van der Waals surface area contributed by atoms with Crippen LogP contribution in [0.4, 0.5) is 8.78 Å². The lowest BCUT2D eigenvalue weighted by Crippen LogP contribution is -2.32. The molecule has 24 heavy (non-hydrogen) atoms. The van der Waals surface area contributed by atoms with Crippen LogP contribution < -0.4 is 5.32 Å². The van der Waals surface area contributed by atoms with E-state index in [2.05, 4.69) is 10.3 Å². The summed E-state index contributed by atoms with van der Waals surface area (Å²) in [6, 6.07) is 5.99. The Labute approximate surface area is 147 Å². The molecule has 2 N–H and O–H groups in total. The van der Waals surface area contributed by atoms with E-state index in [1.165, 1.54) is 12.1 Å². The van der Waals surface area contributed by atoms with Crippen molar-refractivity contribution in [1.82, 2.24) is 10.3 Å². The minimum atomic E-state index is -0.569. The van der Waals surface area contributed by atoms with E-state index < -0.39 is 23.5 Å². The molecule has 8 heteroatoms. The number of hydrogen-bond acceptors (Lipinski definition) is 3. The van der Waals surface area contributed by atoms with Gasteiger partial charge in [0.05, 0.1) is 5.02 Å². The molecule has 1 atom stereocenters. The quantitative estimate of drug-likeness (QED) is 0.762. The molecule has 2 rings (SSSR count). The van der Waals surface area contributed by atoms with E-state index in [1.807, 2.05) is 0 Å². The zero-order valence-corrected chi connectivity index (χ0v) is 13.9. The minimum absolute atomic E-state index is 0.0375. The first-order valence-corrected chi connectivity index (χ1v) is 7.81. The number of aliphatic hydroxyl groups excluding tert-OH is 1. The minimum Gasteiger partial charge on any atom is -0.396 e. The number of pyridine rings is 1. The van der Waals surface area contributed by atoms with Gasteiger partial charge >= 0.3 is 0 Å². The fourth-order valence-electron chi connectivity index (χ4n) is 2.11. The van der Waals surface area contributed by atoms with Crippen LogP contribution in [0.2, 0.25) is 10.2 Å². The molecule has 0 fully saturated rings. The van der Waals surface area contributed by atoms with Crippen LogP contribution in [-0.2, 0) is 6.42 Å². The maximum Gasteiger partial charge on any atom is 0.271 e. The van der Waals surface area contributed by atoms with Crippen molar-refractivity contribution in [2.24, 2.45) is 5.92 Å². The van der Waals surface area contributed by atoms with E-state index in [-0.39, 0.29) is 41.0 Å². The van der Waals surface area contributed by atoms with Crippen LogP contribution in [0.5, 0.6) is 0 Å². The average molecular weight is 375 g/mol. The molecule has 0 spiro atoms. The van der Waals surface area contributed by atoms with Crippen molar-refractivity contribution in [3.05, 3.63) is 63.4 Å². The summed E-state index contributed by atoms with van der Waals surface area (Å²) in [7, 11) is 0. The maximum absolute atomic E-state index is 13.6. The van der Waals surface area contributed by atoms with Crippen molar-refractivity contribution in [3.63, 3.8) is 0 Å². The van der Waals surface area contributed by atoms with E-state index in [1.54, 1.807) is 0 Å². The van der Waals surface area contributed by atoms with E-state index >= 15 is 0 Å². The Bertz CT molecular complexity index is 744. The van der Waals surface area contributed by atoms with Gasteiger partial charge in [-0.1, -0.05) is 23.2 Å². The molecule has 0 saturated heterocycles. The van der Waals surface area contributed by atoms with Gasteiger partial charge in [-0.2, -0.15) is 0 Å². The van der Waals surface area contributed by atoms with Crippen LogP contribution in [0, 0.1) is 17.6 Å². The van der Waals surface area contributed by atoms with Gasteiger partial charge in [-0.05, 0) is 42.3 Å².